The van der Waals surface area contributed by atoms with Crippen LogP contribution in [0.4, 0.5) is 0 Å². The molecule has 450 valence electrons. The summed E-state index contributed by atoms with van der Waals surface area (Å²) in [5, 5.41) is 0. The molecule has 0 N–H and O–H groups in total. The summed E-state index contributed by atoms with van der Waals surface area (Å²) in [6, 6.07) is 0. The van der Waals surface area contributed by atoms with Crippen LogP contribution in [-0.4, -0.2) is 37.2 Å². The summed E-state index contributed by atoms with van der Waals surface area (Å²) < 4.78 is 16.8. The molecule has 0 fully saturated rings. The monoisotopic (exact) mass is 1090 g/mol. The molecule has 6 nitrogen and oxygen atoms in total. The highest BCUT2D eigenvalue weighted by atomic mass is 16.6. The highest BCUT2D eigenvalue weighted by Gasteiger charge is 2.19. The smallest absolute Gasteiger partial charge is 0.310 e. The molecule has 1 atom stereocenters. The minimum absolute atomic E-state index is 0.0881. The maximum Gasteiger partial charge on any atom is 0.310 e. The second-order valence-corrected chi connectivity index (χ2v) is 21.6. The first-order valence-electron chi connectivity index (χ1n) is 33.0. The van der Waals surface area contributed by atoms with E-state index in [2.05, 4.69) is 130 Å². The molecule has 0 saturated heterocycles. The van der Waals surface area contributed by atoms with Crippen molar-refractivity contribution in [3.8, 4) is 0 Å². The molecular formula is C73H122O6. The van der Waals surface area contributed by atoms with Gasteiger partial charge in [-0.3, -0.25) is 14.4 Å². The van der Waals surface area contributed by atoms with Gasteiger partial charge < -0.3 is 14.2 Å². The molecule has 0 bridgehead atoms. The molecule has 0 amide bonds. The maximum atomic E-state index is 12.8. The molecule has 79 heavy (non-hydrogen) atoms. The van der Waals surface area contributed by atoms with Crippen LogP contribution < -0.4 is 0 Å². The van der Waals surface area contributed by atoms with Crippen LogP contribution in [0.25, 0.3) is 0 Å². The number of rotatable bonds is 59. The van der Waals surface area contributed by atoms with Gasteiger partial charge in [0.1, 0.15) is 13.2 Å². The molecule has 0 saturated carbocycles. The molecule has 0 spiro atoms. The molecule has 0 aromatic rings. The van der Waals surface area contributed by atoms with E-state index in [1.54, 1.807) is 6.08 Å². The van der Waals surface area contributed by atoms with Gasteiger partial charge >= 0.3 is 17.9 Å². The van der Waals surface area contributed by atoms with Crippen molar-refractivity contribution in [1.82, 2.24) is 0 Å². The van der Waals surface area contributed by atoms with Crippen molar-refractivity contribution in [1.29, 1.82) is 0 Å². The van der Waals surface area contributed by atoms with Gasteiger partial charge in [0.05, 0.1) is 6.42 Å². The van der Waals surface area contributed by atoms with Gasteiger partial charge in [-0.25, -0.2) is 0 Å². The number of hydrogen-bond acceptors (Lipinski definition) is 6. The minimum Gasteiger partial charge on any atom is -0.462 e. The normalized spacial score (nSPS) is 12.9. The number of unbranched alkanes of at least 4 members (excludes halogenated alkanes) is 29. The summed E-state index contributed by atoms with van der Waals surface area (Å²) in [5.41, 5.74) is 0. The van der Waals surface area contributed by atoms with E-state index < -0.39 is 12.1 Å². The Kier molecular flexibility index (Phi) is 62.8. The molecule has 0 radical (unpaired) electrons. The van der Waals surface area contributed by atoms with Crippen molar-refractivity contribution in [3.05, 3.63) is 122 Å². The van der Waals surface area contributed by atoms with Gasteiger partial charge in [0.15, 0.2) is 6.10 Å². The lowest BCUT2D eigenvalue weighted by Crippen LogP contribution is -2.30. The van der Waals surface area contributed by atoms with Gasteiger partial charge in [0.25, 0.3) is 0 Å². The number of allylic oxidation sites excluding steroid dienone is 19. The van der Waals surface area contributed by atoms with Gasteiger partial charge in [-0.1, -0.05) is 296 Å². The van der Waals surface area contributed by atoms with Gasteiger partial charge in [-0.2, -0.15) is 0 Å². The van der Waals surface area contributed by atoms with Crippen molar-refractivity contribution in [3.63, 3.8) is 0 Å². The molecule has 1 unspecified atom stereocenters. The molecule has 0 rings (SSSR count). The molecular weight excluding hydrogens is 973 g/mol. The lowest BCUT2D eigenvalue weighted by molar-refractivity contribution is -0.166. The van der Waals surface area contributed by atoms with Crippen molar-refractivity contribution in [2.75, 3.05) is 13.2 Å². The van der Waals surface area contributed by atoms with E-state index in [1.165, 1.54) is 161 Å². The van der Waals surface area contributed by atoms with Crippen molar-refractivity contribution < 1.29 is 28.6 Å². The second kappa shape index (κ2) is 66.3. The fourth-order valence-electron chi connectivity index (χ4n) is 9.09. The standard InChI is InChI=1S/C73H122O6/c1-4-7-10-13-16-19-22-25-27-28-29-30-31-32-33-34-35-36-37-38-39-40-41-42-43-44-46-48-51-54-57-60-63-66-72(75)78-69-70(68-77-71(74)65-62-59-56-53-50-47-24-21-18-15-12-9-6-3)79-73(76)67-64-61-58-55-52-49-45-26-23-20-17-14-11-8-5-2/h8-9,11-12,17-18,20-22,25-26,28-29,45,47,50,52,55,61,64,70H,4-7,10,13-16,19,23-24,27,30-44,46,48-49,51,53-54,56-60,62-63,65-69H2,1-3H3/b11-8-,12-9-,20-17-,21-18-,25-22-,29-28-,45-26-,50-47-,55-52-,64-61-. The van der Waals surface area contributed by atoms with Crippen molar-refractivity contribution in [2.45, 2.75) is 309 Å². The zero-order chi connectivity index (χ0) is 57.1. The molecule has 6 heteroatoms. The molecule has 0 aliphatic rings. The third kappa shape index (κ3) is 64.5. The Hall–Kier alpha value is -4.19. The van der Waals surface area contributed by atoms with E-state index in [4.69, 9.17) is 14.2 Å². The van der Waals surface area contributed by atoms with E-state index in [0.717, 1.165) is 96.3 Å². The Morgan fingerprint density at radius 1 is 0.278 bits per heavy atom. The highest BCUT2D eigenvalue weighted by Crippen LogP contribution is 2.17. The van der Waals surface area contributed by atoms with Crippen LogP contribution in [0.1, 0.15) is 303 Å². The van der Waals surface area contributed by atoms with E-state index >= 15 is 0 Å². The lowest BCUT2D eigenvalue weighted by atomic mass is 10.0. The summed E-state index contributed by atoms with van der Waals surface area (Å²) in [4.78, 5) is 38.1. The number of ether oxygens (including phenoxy) is 3. The fraction of sp³-hybridized carbons (Fsp3) is 0.685. The van der Waals surface area contributed by atoms with Crippen LogP contribution in [0, 0.1) is 0 Å². The predicted molar refractivity (Wildman–Crippen MR) is 343 cm³/mol. The minimum atomic E-state index is -0.847. The second-order valence-electron chi connectivity index (χ2n) is 21.6. The SMILES string of the molecule is CC/C=C\C/C=C\C/C=C\C/C=C\C/C=C\CC(=O)OC(COC(=O)CCCCC/C=C\C/C=C\C/C=C\CC)COC(=O)CCCCCCCCCCCCCCCCCCCCCCC/C=C\C/C=C\CCCCCCC. The van der Waals surface area contributed by atoms with E-state index in [1.807, 2.05) is 6.08 Å². The van der Waals surface area contributed by atoms with Crippen LogP contribution in [0.3, 0.4) is 0 Å². The van der Waals surface area contributed by atoms with Crippen LogP contribution in [0.5, 0.6) is 0 Å². The summed E-state index contributed by atoms with van der Waals surface area (Å²) in [5.74, 6) is -1.08. The molecule has 0 heterocycles. The average molecular weight is 1100 g/mol. The number of carbonyl (C=O) groups excluding carboxylic acids is 3. The van der Waals surface area contributed by atoms with Crippen molar-refractivity contribution >= 4 is 17.9 Å². The van der Waals surface area contributed by atoms with Gasteiger partial charge in [0, 0.05) is 12.8 Å². The Bertz CT molecular complexity index is 1640. The molecule has 0 aliphatic heterocycles. The van der Waals surface area contributed by atoms with Crippen LogP contribution in [-0.2, 0) is 28.6 Å². The largest absolute Gasteiger partial charge is 0.462 e. The van der Waals surface area contributed by atoms with Gasteiger partial charge in [-0.15, -0.1) is 0 Å². The summed E-state index contributed by atoms with van der Waals surface area (Å²) >= 11 is 0. The molecule has 0 aromatic heterocycles. The topological polar surface area (TPSA) is 78.9 Å². The first-order chi connectivity index (χ1) is 39.0. The Labute approximate surface area is 488 Å². The highest BCUT2D eigenvalue weighted by molar-refractivity contribution is 5.72. The zero-order valence-electron chi connectivity index (χ0n) is 51.6. The Morgan fingerprint density at radius 2 is 0.532 bits per heavy atom. The van der Waals surface area contributed by atoms with Crippen LogP contribution in [0.15, 0.2) is 122 Å². The number of hydrogen-bond donors (Lipinski definition) is 0. The number of carbonyl (C=O) groups is 3. The quantitative estimate of drug-likeness (QED) is 0.0261. The third-order valence-electron chi connectivity index (χ3n) is 14.0. The van der Waals surface area contributed by atoms with E-state index in [-0.39, 0.29) is 31.6 Å². The first kappa shape index (κ1) is 74.8. The molecule has 0 aromatic carbocycles. The average Bonchev–Trinajstić information content (AvgIpc) is 3.45. The Balaban J connectivity index is 4.20. The van der Waals surface area contributed by atoms with E-state index in [9.17, 15) is 14.4 Å². The van der Waals surface area contributed by atoms with E-state index in [0.29, 0.717) is 19.3 Å². The summed E-state index contributed by atoms with van der Waals surface area (Å²) in [6.07, 6.45) is 92.7. The lowest BCUT2D eigenvalue weighted by Gasteiger charge is -2.18. The Morgan fingerprint density at radius 3 is 0.848 bits per heavy atom. The maximum absolute atomic E-state index is 12.8. The summed E-state index contributed by atoms with van der Waals surface area (Å²) in [6.45, 7) is 6.30. The summed E-state index contributed by atoms with van der Waals surface area (Å²) in [7, 11) is 0. The third-order valence-corrected chi connectivity index (χ3v) is 14.0. The predicted octanol–water partition coefficient (Wildman–Crippen LogP) is 22.8. The van der Waals surface area contributed by atoms with Crippen molar-refractivity contribution in [2.24, 2.45) is 0 Å². The number of esters is 3. The van der Waals surface area contributed by atoms with Crippen LogP contribution in [0.2, 0.25) is 0 Å². The van der Waals surface area contributed by atoms with Gasteiger partial charge in [-0.05, 0) is 109 Å². The van der Waals surface area contributed by atoms with Crippen LogP contribution >= 0.6 is 0 Å². The first-order valence-corrected chi connectivity index (χ1v) is 33.0. The fourth-order valence-corrected chi connectivity index (χ4v) is 9.09. The zero-order valence-corrected chi connectivity index (χ0v) is 51.6. The van der Waals surface area contributed by atoms with Gasteiger partial charge in [0.2, 0.25) is 0 Å². The molecule has 0 aliphatic carbocycles.